The van der Waals surface area contributed by atoms with Crippen molar-refractivity contribution in [1.82, 2.24) is 0 Å². The van der Waals surface area contributed by atoms with E-state index in [1.54, 1.807) is 0 Å². The molecule has 0 N–H and O–H groups in total. The SMILES string of the molecule is Br/C(=C\c1ccccc1)C1OCC2(CO1)COC(/C(Br)=C\c1ccccc1)OC2. The van der Waals surface area contributed by atoms with E-state index >= 15 is 0 Å². The highest BCUT2D eigenvalue weighted by molar-refractivity contribution is 9.12. The number of hydrogen-bond acceptors (Lipinski definition) is 4. The van der Waals surface area contributed by atoms with Gasteiger partial charge in [-0.25, -0.2) is 0 Å². The van der Waals surface area contributed by atoms with Gasteiger partial charge in [0, 0.05) is 0 Å². The lowest BCUT2D eigenvalue weighted by molar-refractivity contribution is -0.283. The van der Waals surface area contributed by atoms with E-state index in [0.717, 1.165) is 20.1 Å². The molecule has 0 bridgehead atoms. The van der Waals surface area contributed by atoms with Crippen molar-refractivity contribution in [2.45, 2.75) is 12.6 Å². The Balaban J connectivity index is 1.31. The Bertz CT molecular complexity index is 774. The summed E-state index contributed by atoms with van der Waals surface area (Å²) in [5, 5.41) is 0. The van der Waals surface area contributed by atoms with E-state index in [-0.39, 0.29) is 5.41 Å². The van der Waals surface area contributed by atoms with E-state index in [4.69, 9.17) is 18.9 Å². The number of halogens is 2. The monoisotopic (exact) mass is 520 g/mol. The molecule has 2 heterocycles. The van der Waals surface area contributed by atoms with Crippen LogP contribution in [-0.4, -0.2) is 39.0 Å². The summed E-state index contributed by atoms with van der Waals surface area (Å²) in [7, 11) is 0. The first-order valence-electron chi connectivity index (χ1n) is 9.44. The average Bonchev–Trinajstić information content (AvgIpc) is 2.76. The molecule has 2 aliphatic heterocycles. The van der Waals surface area contributed by atoms with Gasteiger partial charge in [0.25, 0.3) is 0 Å². The third-order valence-corrected chi connectivity index (χ3v) is 6.03. The van der Waals surface area contributed by atoms with Gasteiger partial charge in [-0.2, -0.15) is 0 Å². The van der Waals surface area contributed by atoms with E-state index in [1.807, 2.05) is 72.8 Å². The van der Waals surface area contributed by atoms with Gasteiger partial charge >= 0.3 is 0 Å². The first-order valence-corrected chi connectivity index (χ1v) is 11.0. The molecule has 0 saturated carbocycles. The second-order valence-corrected chi connectivity index (χ2v) is 9.12. The van der Waals surface area contributed by atoms with Gasteiger partial charge < -0.3 is 18.9 Å². The summed E-state index contributed by atoms with van der Waals surface area (Å²) in [6.07, 6.45) is 3.20. The number of rotatable bonds is 4. The van der Waals surface area contributed by atoms with Gasteiger partial charge in [0.2, 0.25) is 0 Å². The van der Waals surface area contributed by atoms with Crippen molar-refractivity contribution in [2.24, 2.45) is 5.41 Å². The Labute approximate surface area is 187 Å². The molecule has 2 aliphatic rings. The van der Waals surface area contributed by atoms with Crippen molar-refractivity contribution < 1.29 is 18.9 Å². The van der Waals surface area contributed by atoms with E-state index in [0.29, 0.717) is 26.4 Å². The Morgan fingerprint density at radius 1 is 0.655 bits per heavy atom. The maximum atomic E-state index is 5.97. The highest BCUT2D eigenvalue weighted by atomic mass is 79.9. The predicted octanol–water partition coefficient (Wildman–Crippen LogP) is 5.59. The second-order valence-electron chi connectivity index (χ2n) is 7.29. The van der Waals surface area contributed by atoms with E-state index in [1.165, 1.54) is 0 Å². The number of benzene rings is 2. The van der Waals surface area contributed by atoms with Crippen molar-refractivity contribution in [3.63, 3.8) is 0 Å². The molecule has 4 rings (SSSR count). The summed E-state index contributed by atoms with van der Waals surface area (Å²) in [5.74, 6) is 0. The molecule has 0 unspecified atom stereocenters. The Morgan fingerprint density at radius 3 is 1.34 bits per heavy atom. The molecule has 2 fully saturated rings. The van der Waals surface area contributed by atoms with Crippen LogP contribution in [0.3, 0.4) is 0 Å². The van der Waals surface area contributed by atoms with Crippen LogP contribution in [0.25, 0.3) is 12.2 Å². The molecule has 152 valence electrons. The fourth-order valence-corrected chi connectivity index (χ4v) is 4.28. The molecule has 2 aromatic rings. The molecule has 0 atom stereocenters. The first kappa shape index (κ1) is 21.0. The molecule has 0 aliphatic carbocycles. The van der Waals surface area contributed by atoms with Crippen molar-refractivity contribution in [3.8, 4) is 0 Å². The van der Waals surface area contributed by atoms with E-state index in [2.05, 4.69) is 31.9 Å². The molecule has 1 spiro atoms. The van der Waals surface area contributed by atoms with Crippen LogP contribution in [0.15, 0.2) is 69.6 Å². The Morgan fingerprint density at radius 2 is 1.00 bits per heavy atom. The summed E-state index contributed by atoms with van der Waals surface area (Å²) in [4.78, 5) is 0. The fourth-order valence-electron chi connectivity index (χ4n) is 3.23. The van der Waals surface area contributed by atoms with Gasteiger partial charge in [0.1, 0.15) is 0 Å². The molecule has 4 nitrogen and oxygen atoms in total. The number of hydrogen-bond donors (Lipinski definition) is 0. The number of ether oxygens (including phenoxy) is 4. The summed E-state index contributed by atoms with van der Waals surface area (Å²) in [6.45, 7) is 2.06. The molecule has 0 radical (unpaired) electrons. The highest BCUT2D eigenvalue weighted by Gasteiger charge is 2.43. The van der Waals surface area contributed by atoms with Crippen molar-refractivity contribution in [3.05, 3.63) is 80.8 Å². The zero-order valence-electron chi connectivity index (χ0n) is 15.8. The zero-order valence-corrected chi connectivity index (χ0v) is 19.0. The lowest BCUT2D eigenvalue weighted by atomic mass is 9.91. The van der Waals surface area contributed by atoms with Crippen LogP contribution in [0.4, 0.5) is 0 Å². The van der Waals surface area contributed by atoms with Gasteiger partial charge in [-0.1, -0.05) is 92.5 Å². The Kier molecular flexibility index (Phi) is 7.00. The smallest absolute Gasteiger partial charge is 0.190 e. The minimum absolute atomic E-state index is 0.285. The molecule has 0 aromatic heterocycles. The predicted molar refractivity (Wildman–Crippen MR) is 121 cm³/mol. The maximum absolute atomic E-state index is 5.97. The van der Waals surface area contributed by atoms with E-state index in [9.17, 15) is 0 Å². The summed E-state index contributed by atoms with van der Waals surface area (Å²) < 4.78 is 25.6. The molecule has 29 heavy (non-hydrogen) atoms. The largest absolute Gasteiger partial charge is 0.347 e. The zero-order chi connectivity index (χ0) is 20.1. The lowest BCUT2D eigenvalue weighted by Gasteiger charge is -2.43. The van der Waals surface area contributed by atoms with Crippen LogP contribution < -0.4 is 0 Å². The van der Waals surface area contributed by atoms with Gasteiger partial charge in [0.15, 0.2) is 12.6 Å². The summed E-state index contributed by atoms with van der Waals surface area (Å²) >= 11 is 7.17. The lowest BCUT2D eigenvalue weighted by Crippen LogP contribution is -2.52. The standard InChI is InChI=1S/C23H22Br2O4/c24-19(11-17-7-3-1-4-8-17)21-26-13-23(14-27-21)15-28-22(29-16-23)20(25)12-18-9-5-2-6-10-18/h1-12,21-22H,13-16H2/b19-11-,20-12+. The Hall–Kier alpha value is -1.28. The second kappa shape index (κ2) is 9.69. The van der Waals surface area contributed by atoms with Gasteiger partial charge in [-0.3, -0.25) is 0 Å². The minimum Gasteiger partial charge on any atom is -0.347 e. The minimum atomic E-state index is -0.414. The average molecular weight is 522 g/mol. The van der Waals surface area contributed by atoms with Gasteiger partial charge in [-0.05, 0) is 23.3 Å². The van der Waals surface area contributed by atoms with Crippen LogP contribution in [0.2, 0.25) is 0 Å². The molecular weight excluding hydrogens is 500 g/mol. The molecule has 6 heteroatoms. The van der Waals surface area contributed by atoms with Crippen LogP contribution in [0.1, 0.15) is 11.1 Å². The quantitative estimate of drug-likeness (QED) is 0.525. The van der Waals surface area contributed by atoms with Crippen LogP contribution in [-0.2, 0) is 18.9 Å². The summed E-state index contributed by atoms with van der Waals surface area (Å²) in [6, 6.07) is 20.1. The molecular formula is C23H22Br2O4. The molecule has 2 saturated heterocycles. The van der Waals surface area contributed by atoms with Crippen molar-refractivity contribution in [2.75, 3.05) is 26.4 Å². The highest BCUT2D eigenvalue weighted by Crippen LogP contribution is 2.35. The van der Waals surface area contributed by atoms with Crippen LogP contribution in [0.5, 0.6) is 0 Å². The van der Waals surface area contributed by atoms with Gasteiger partial charge in [0.05, 0.1) is 40.8 Å². The van der Waals surface area contributed by atoms with Gasteiger partial charge in [-0.15, -0.1) is 0 Å². The first-order chi connectivity index (χ1) is 14.1. The molecule has 0 amide bonds. The van der Waals surface area contributed by atoms with E-state index < -0.39 is 12.6 Å². The van der Waals surface area contributed by atoms with Crippen molar-refractivity contribution >= 4 is 44.0 Å². The normalized spacial score (nSPS) is 28.5. The van der Waals surface area contributed by atoms with Crippen LogP contribution >= 0.6 is 31.9 Å². The third-order valence-electron chi connectivity index (χ3n) is 4.82. The third kappa shape index (κ3) is 5.45. The maximum Gasteiger partial charge on any atom is 0.190 e. The topological polar surface area (TPSA) is 36.9 Å². The van der Waals surface area contributed by atoms with Crippen LogP contribution in [0, 0.1) is 5.41 Å². The summed E-state index contributed by atoms with van der Waals surface area (Å²) in [5.41, 5.74) is 1.90. The van der Waals surface area contributed by atoms with Crippen molar-refractivity contribution in [1.29, 1.82) is 0 Å². The molecule has 2 aromatic carbocycles. The fraction of sp³-hybridized carbons (Fsp3) is 0.304.